The summed E-state index contributed by atoms with van der Waals surface area (Å²) in [6.45, 7) is 0.761. The lowest BCUT2D eigenvalue weighted by Crippen LogP contribution is -2.76. The van der Waals surface area contributed by atoms with Crippen molar-refractivity contribution in [2.45, 2.75) is 48.8 Å². The first kappa shape index (κ1) is 11.9. The van der Waals surface area contributed by atoms with Crippen molar-refractivity contribution in [3.05, 3.63) is 23.2 Å². The van der Waals surface area contributed by atoms with E-state index in [1.54, 1.807) is 0 Å². The van der Waals surface area contributed by atoms with E-state index in [2.05, 4.69) is 4.90 Å². The zero-order valence-corrected chi connectivity index (χ0v) is 13.3. The van der Waals surface area contributed by atoms with Crippen LogP contribution in [-0.4, -0.2) is 54.2 Å². The summed E-state index contributed by atoms with van der Waals surface area (Å²) in [5, 5.41) is 11.8. The van der Waals surface area contributed by atoms with Crippen molar-refractivity contribution < 1.29 is 22.1 Å². The van der Waals surface area contributed by atoms with Gasteiger partial charge < -0.3 is 19.5 Å². The third-order valence-corrected chi connectivity index (χ3v) is 6.55. The minimum Gasteiger partial charge on any atom is -0.493 e. The maximum absolute atomic E-state index is 12.7. The van der Waals surface area contributed by atoms with Gasteiger partial charge in [0.15, 0.2) is 23.4 Å². The van der Waals surface area contributed by atoms with Crippen molar-refractivity contribution in [1.82, 2.24) is 4.90 Å². The monoisotopic (exact) mass is 317 g/mol. The van der Waals surface area contributed by atoms with E-state index >= 15 is 0 Å². The Morgan fingerprint density at radius 3 is 3.09 bits per heavy atom. The number of ether oxygens (including phenoxy) is 2. The highest BCUT2D eigenvalue weighted by atomic mass is 16.5. The molecule has 5 rings (SSSR count). The summed E-state index contributed by atoms with van der Waals surface area (Å²) in [5.74, 6) is 0.609. The average molecular weight is 317 g/mol. The van der Waals surface area contributed by atoms with Crippen LogP contribution in [-0.2, 0) is 16.6 Å². The van der Waals surface area contributed by atoms with E-state index in [1.165, 1.54) is 7.11 Å². The number of aliphatic hydroxyl groups is 1. The Morgan fingerprint density at radius 2 is 2.30 bits per heavy atom. The van der Waals surface area contributed by atoms with Gasteiger partial charge in [-0.3, -0.25) is 4.79 Å². The second kappa shape index (κ2) is 4.08. The Balaban J connectivity index is 1.91. The van der Waals surface area contributed by atoms with Gasteiger partial charge in [-0.05, 0) is 44.5 Å². The summed E-state index contributed by atoms with van der Waals surface area (Å²) in [5.41, 5.74) is -0.383. The number of carbonyl (C=O) groups excluding carboxylic acids is 1. The SMILES string of the molecule is [2H]c1c([2H])c(OC)c2c3c1C[C@H]1N(C)CC[C@@]34C(O2)C(=O)CC[C@@]14O. The molecule has 23 heavy (non-hydrogen) atoms. The molecule has 2 heterocycles. The molecule has 2 fully saturated rings. The fourth-order valence-corrected chi connectivity index (χ4v) is 5.51. The molecule has 2 aliphatic heterocycles. The molecule has 5 nitrogen and oxygen atoms in total. The third-order valence-electron chi connectivity index (χ3n) is 6.55. The van der Waals surface area contributed by atoms with Crippen LogP contribution in [0.1, 0.15) is 33.1 Å². The van der Waals surface area contributed by atoms with Crippen molar-refractivity contribution in [3.63, 3.8) is 0 Å². The van der Waals surface area contributed by atoms with Crippen LogP contribution in [0.4, 0.5) is 0 Å². The second-order valence-corrected chi connectivity index (χ2v) is 7.28. The van der Waals surface area contributed by atoms with Crippen LogP contribution in [0, 0.1) is 0 Å². The lowest BCUT2D eigenvalue weighted by molar-refractivity contribution is -0.185. The number of benzene rings is 1. The fraction of sp³-hybridized carbons (Fsp3) is 0.611. The molecule has 0 amide bonds. The molecule has 1 aromatic carbocycles. The molecule has 1 saturated heterocycles. The number of nitrogens with zero attached hydrogens (tertiary/aromatic N) is 1. The molecule has 1 aromatic rings. The van der Waals surface area contributed by atoms with Gasteiger partial charge in [-0.25, -0.2) is 0 Å². The Morgan fingerprint density at radius 1 is 1.48 bits per heavy atom. The molecule has 0 radical (unpaired) electrons. The first-order chi connectivity index (χ1) is 11.9. The van der Waals surface area contributed by atoms with Crippen LogP contribution in [0.3, 0.4) is 0 Å². The summed E-state index contributed by atoms with van der Waals surface area (Å²) in [4.78, 5) is 14.9. The fourth-order valence-electron chi connectivity index (χ4n) is 5.51. The van der Waals surface area contributed by atoms with E-state index in [-0.39, 0.29) is 29.7 Å². The van der Waals surface area contributed by atoms with Gasteiger partial charge in [0, 0.05) is 18.0 Å². The number of carbonyl (C=O) groups is 1. The minimum atomic E-state index is -1.06. The Labute approximate surface area is 138 Å². The van der Waals surface area contributed by atoms with Gasteiger partial charge in [-0.2, -0.15) is 0 Å². The molecular weight excluding hydrogens is 294 g/mol. The number of rotatable bonds is 1. The third kappa shape index (κ3) is 1.32. The van der Waals surface area contributed by atoms with Crippen molar-refractivity contribution in [3.8, 4) is 11.5 Å². The topological polar surface area (TPSA) is 59.0 Å². The number of likely N-dealkylation sites (tertiary alicyclic amines) is 1. The molecule has 5 heteroatoms. The quantitative estimate of drug-likeness (QED) is 0.839. The van der Waals surface area contributed by atoms with Crippen LogP contribution in [0.2, 0.25) is 0 Å². The van der Waals surface area contributed by atoms with E-state index in [4.69, 9.17) is 12.2 Å². The van der Waals surface area contributed by atoms with Crippen LogP contribution in [0.25, 0.3) is 0 Å². The van der Waals surface area contributed by atoms with Crippen molar-refractivity contribution in [2.75, 3.05) is 20.7 Å². The highest BCUT2D eigenvalue weighted by molar-refractivity contribution is 5.90. The molecule has 1 N–H and O–H groups in total. The van der Waals surface area contributed by atoms with Crippen molar-refractivity contribution in [1.29, 1.82) is 0 Å². The molecule has 122 valence electrons. The number of likely N-dealkylation sites (N-methyl/N-ethyl adjacent to an activating group) is 1. The molecule has 1 saturated carbocycles. The molecule has 2 aliphatic carbocycles. The average Bonchev–Trinajstić information content (AvgIpc) is 2.92. The molecular formula is C18H21NO4. The number of hydrogen-bond acceptors (Lipinski definition) is 5. The van der Waals surface area contributed by atoms with Gasteiger partial charge in [0.25, 0.3) is 0 Å². The minimum absolute atomic E-state index is 0.00265. The summed E-state index contributed by atoms with van der Waals surface area (Å²) in [6, 6.07) is -0.0553. The normalized spacial score (nSPS) is 41.8. The zero-order chi connectivity index (χ0) is 17.7. The highest BCUT2D eigenvalue weighted by Crippen LogP contribution is 2.64. The van der Waals surface area contributed by atoms with Crippen LogP contribution in [0.15, 0.2) is 12.1 Å². The predicted octanol–water partition coefficient (Wildman–Crippen LogP) is 1.05. The van der Waals surface area contributed by atoms with E-state index in [9.17, 15) is 9.90 Å². The van der Waals surface area contributed by atoms with Crippen molar-refractivity contribution >= 4 is 5.78 Å². The van der Waals surface area contributed by atoms with Crippen LogP contribution in [0.5, 0.6) is 11.5 Å². The number of methoxy groups -OCH3 is 1. The smallest absolute Gasteiger partial charge is 0.174 e. The van der Waals surface area contributed by atoms with E-state index in [0.717, 1.165) is 17.7 Å². The molecule has 4 aliphatic rings. The summed E-state index contributed by atoms with van der Waals surface area (Å²) >= 11 is 0. The molecule has 0 aromatic heterocycles. The van der Waals surface area contributed by atoms with Gasteiger partial charge in [0.05, 0.1) is 20.9 Å². The van der Waals surface area contributed by atoms with Gasteiger partial charge in [-0.15, -0.1) is 0 Å². The Bertz CT molecular complexity index is 828. The maximum Gasteiger partial charge on any atom is 0.174 e. The second-order valence-electron chi connectivity index (χ2n) is 7.28. The molecule has 1 spiro atoms. The molecule has 4 atom stereocenters. The van der Waals surface area contributed by atoms with E-state index in [1.807, 2.05) is 7.05 Å². The maximum atomic E-state index is 12.7. The number of piperidine rings is 1. The van der Waals surface area contributed by atoms with Crippen LogP contribution < -0.4 is 9.47 Å². The van der Waals surface area contributed by atoms with Crippen LogP contribution >= 0.6 is 0 Å². The highest BCUT2D eigenvalue weighted by Gasteiger charge is 2.72. The lowest BCUT2D eigenvalue weighted by Gasteiger charge is -2.62. The lowest BCUT2D eigenvalue weighted by atomic mass is 9.49. The first-order valence-corrected chi connectivity index (χ1v) is 8.19. The predicted molar refractivity (Wildman–Crippen MR) is 83.0 cm³/mol. The molecule has 2 bridgehead atoms. The Hall–Kier alpha value is -1.59. The molecule has 1 unspecified atom stereocenters. The van der Waals surface area contributed by atoms with Gasteiger partial charge >= 0.3 is 0 Å². The summed E-state index contributed by atoms with van der Waals surface area (Å²) < 4.78 is 28.2. The van der Waals surface area contributed by atoms with E-state index < -0.39 is 17.1 Å². The van der Waals surface area contributed by atoms with Gasteiger partial charge in [0.2, 0.25) is 0 Å². The van der Waals surface area contributed by atoms with Gasteiger partial charge in [-0.1, -0.05) is 6.04 Å². The Kier molecular flexibility index (Phi) is 2.11. The number of Topliss-reactive ketones (excluding diaryl/α,β-unsaturated/α-hetero) is 1. The number of hydrogen-bond donors (Lipinski definition) is 1. The number of ketones is 1. The van der Waals surface area contributed by atoms with Gasteiger partial charge in [0.1, 0.15) is 0 Å². The summed E-state index contributed by atoms with van der Waals surface area (Å²) in [7, 11) is 3.43. The summed E-state index contributed by atoms with van der Waals surface area (Å²) in [6.07, 6.45) is 1.06. The van der Waals surface area contributed by atoms with E-state index in [0.29, 0.717) is 31.4 Å². The zero-order valence-electron chi connectivity index (χ0n) is 15.3. The standard InChI is InChI=1S/C18H21NO4/c1-19-8-7-17-14-10-3-4-12(22-2)15(14)23-16(17)11(20)5-6-18(17,21)13(19)9-10/h3-4,13,16,21H,5-9H2,1-2H3/t13-,16?,17+,18-/m1/s1/i3D,4D. The van der Waals surface area contributed by atoms with Crippen molar-refractivity contribution in [2.24, 2.45) is 0 Å². The first-order valence-electron chi connectivity index (χ1n) is 9.19. The largest absolute Gasteiger partial charge is 0.493 e.